The van der Waals surface area contributed by atoms with Crippen LogP contribution in [-0.4, -0.2) is 20.0 Å². The van der Waals surface area contributed by atoms with Gasteiger partial charge < -0.3 is 14.2 Å². The normalized spacial score (nSPS) is 14.9. The molecule has 0 N–H and O–H groups in total. The average Bonchev–Trinajstić information content (AvgIpc) is 2.90. The molecule has 116 valence electrons. The van der Waals surface area contributed by atoms with Gasteiger partial charge in [-0.15, -0.1) is 0 Å². The van der Waals surface area contributed by atoms with Crippen LogP contribution in [0, 0.1) is 0 Å². The monoisotopic (exact) mass is 308 g/mol. The number of Topliss-reactive ketones (excluding diaryl/α,β-unsaturated/α-hetero) is 1. The molecule has 2 aromatic carbocycles. The Bertz CT molecular complexity index is 803. The third-order valence-corrected chi connectivity index (χ3v) is 3.54. The first-order chi connectivity index (χ1) is 11.2. The predicted octanol–water partition coefficient (Wildman–Crippen LogP) is 3.88. The quantitative estimate of drug-likeness (QED) is 0.804. The summed E-state index contributed by atoms with van der Waals surface area (Å²) in [6.45, 7) is 0. The van der Waals surface area contributed by atoms with Crippen LogP contribution in [0.1, 0.15) is 15.9 Å². The molecule has 0 bridgehead atoms. The first-order valence-electron chi connectivity index (χ1n) is 7.15. The fraction of sp³-hybridized carbons (Fsp3) is 0.105. The van der Waals surface area contributed by atoms with E-state index in [1.54, 1.807) is 44.6 Å². The van der Waals surface area contributed by atoms with Gasteiger partial charge in [-0.1, -0.05) is 30.4 Å². The van der Waals surface area contributed by atoms with Gasteiger partial charge in [-0.05, 0) is 24.3 Å². The number of ketones is 1. The topological polar surface area (TPSA) is 44.8 Å². The molecule has 2 aromatic rings. The highest BCUT2D eigenvalue weighted by molar-refractivity contribution is 6.12. The highest BCUT2D eigenvalue weighted by Gasteiger charge is 2.27. The molecule has 4 heteroatoms. The van der Waals surface area contributed by atoms with Crippen molar-refractivity contribution in [3.8, 4) is 17.2 Å². The molecule has 23 heavy (non-hydrogen) atoms. The van der Waals surface area contributed by atoms with Crippen molar-refractivity contribution in [2.75, 3.05) is 14.2 Å². The van der Waals surface area contributed by atoms with Crippen molar-refractivity contribution in [2.24, 2.45) is 0 Å². The minimum absolute atomic E-state index is 0.132. The highest BCUT2D eigenvalue weighted by atomic mass is 16.5. The first kappa shape index (κ1) is 14.9. The lowest BCUT2D eigenvalue weighted by molar-refractivity contribution is 0.101. The zero-order valence-corrected chi connectivity index (χ0v) is 12.9. The smallest absolute Gasteiger partial charge is 0.231 e. The second-order valence-corrected chi connectivity index (χ2v) is 4.93. The van der Waals surface area contributed by atoms with Gasteiger partial charge >= 0.3 is 0 Å². The fourth-order valence-corrected chi connectivity index (χ4v) is 2.35. The van der Waals surface area contributed by atoms with E-state index in [4.69, 9.17) is 14.2 Å². The molecule has 1 aliphatic rings. The lowest BCUT2D eigenvalue weighted by atomic mass is 10.1. The number of methoxy groups -OCH3 is 2. The molecule has 1 aliphatic heterocycles. The minimum atomic E-state index is -0.132. The van der Waals surface area contributed by atoms with Gasteiger partial charge in [-0.2, -0.15) is 0 Å². The van der Waals surface area contributed by atoms with Crippen molar-refractivity contribution in [3.05, 3.63) is 71.5 Å². The standard InChI is InChI=1S/C19H16O4/c1-21-14-10-11-15-18(12-14)23-17(19(15)20)9-5-7-13-6-3-4-8-16(13)22-2/h3-12H,1-2H3/b7-5+,17-9+. The maximum atomic E-state index is 12.3. The van der Waals surface area contributed by atoms with Crippen LogP contribution in [0.4, 0.5) is 0 Å². The van der Waals surface area contributed by atoms with Gasteiger partial charge in [-0.3, -0.25) is 4.79 Å². The second kappa shape index (κ2) is 6.40. The van der Waals surface area contributed by atoms with Gasteiger partial charge in [0.05, 0.1) is 19.8 Å². The molecule has 0 spiro atoms. The Balaban J connectivity index is 1.82. The summed E-state index contributed by atoms with van der Waals surface area (Å²) in [5, 5.41) is 0. The number of hydrogen-bond acceptors (Lipinski definition) is 4. The number of allylic oxidation sites excluding steroid dienone is 3. The summed E-state index contributed by atoms with van der Waals surface area (Å²) in [5.41, 5.74) is 1.47. The Kier molecular flexibility index (Phi) is 4.15. The van der Waals surface area contributed by atoms with E-state index in [0.29, 0.717) is 22.8 Å². The summed E-state index contributed by atoms with van der Waals surface area (Å²) in [6, 6.07) is 12.8. The lowest BCUT2D eigenvalue weighted by Gasteiger charge is -2.02. The van der Waals surface area contributed by atoms with Crippen LogP contribution in [0.5, 0.6) is 17.2 Å². The summed E-state index contributed by atoms with van der Waals surface area (Å²) in [4.78, 5) is 12.3. The molecule has 0 radical (unpaired) electrons. The molecule has 0 saturated heterocycles. The summed E-state index contributed by atoms with van der Waals surface area (Å²) in [7, 11) is 3.20. The Morgan fingerprint density at radius 1 is 1.04 bits per heavy atom. The Hall–Kier alpha value is -3.01. The van der Waals surface area contributed by atoms with Crippen LogP contribution in [-0.2, 0) is 0 Å². The number of fused-ring (bicyclic) bond motifs is 1. The Morgan fingerprint density at radius 2 is 1.87 bits per heavy atom. The third-order valence-electron chi connectivity index (χ3n) is 3.54. The van der Waals surface area contributed by atoms with Crippen molar-refractivity contribution in [1.82, 2.24) is 0 Å². The molecule has 0 unspecified atom stereocenters. The van der Waals surface area contributed by atoms with Crippen molar-refractivity contribution in [3.63, 3.8) is 0 Å². The van der Waals surface area contributed by atoms with Crippen molar-refractivity contribution < 1.29 is 19.0 Å². The molecule has 0 aromatic heterocycles. The number of ether oxygens (including phenoxy) is 3. The zero-order chi connectivity index (χ0) is 16.2. The average molecular weight is 308 g/mol. The van der Waals surface area contributed by atoms with Gasteiger partial charge in [0, 0.05) is 11.6 Å². The number of hydrogen-bond donors (Lipinski definition) is 0. The molecule has 1 heterocycles. The van der Waals surface area contributed by atoms with E-state index < -0.39 is 0 Å². The van der Waals surface area contributed by atoms with E-state index in [0.717, 1.165) is 11.3 Å². The predicted molar refractivity (Wildman–Crippen MR) is 88.1 cm³/mol. The molecular formula is C19H16O4. The SMILES string of the molecule is COc1ccc2c(c1)O/C(=C/C=C/c1ccccc1OC)C2=O. The van der Waals surface area contributed by atoms with E-state index >= 15 is 0 Å². The van der Waals surface area contributed by atoms with Crippen LogP contribution >= 0.6 is 0 Å². The fourth-order valence-electron chi connectivity index (χ4n) is 2.35. The largest absolute Gasteiger partial charge is 0.497 e. The van der Waals surface area contributed by atoms with Crippen molar-refractivity contribution in [1.29, 1.82) is 0 Å². The van der Waals surface area contributed by atoms with Crippen LogP contribution in [0.2, 0.25) is 0 Å². The van der Waals surface area contributed by atoms with Gasteiger partial charge in [0.2, 0.25) is 5.78 Å². The molecule has 0 atom stereocenters. The summed E-state index contributed by atoms with van der Waals surface area (Å²) < 4.78 is 16.0. The molecule has 3 rings (SSSR count). The maximum Gasteiger partial charge on any atom is 0.231 e. The maximum absolute atomic E-state index is 12.3. The van der Waals surface area contributed by atoms with E-state index in [1.807, 2.05) is 30.3 Å². The number of carbonyl (C=O) groups excluding carboxylic acids is 1. The molecule has 4 nitrogen and oxygen atoms in total. The van der Waals surface area contributed by atoms with E-state index in [-0.39, 0.29) is 5.78 Å². The highest BCUT2D eigenvalue weighted by Crippen LogP contribution is 2.34. The van der Waals surface area contributed by atoms with Gasteiger partial charge in [0.25, 0.3) is 0 Å². The molecular weight excluding hydrogens is 292 g/mol. The summed E-state index contributed by atoms with van der Waals surface area (Å²) in [5.74, 6) is 2.11. The van der Waals surface area contributed by atoms with Gasteiger partial charge in [-0.25, -0.2) is 0 Å². The van der Waals surface area contributed by atoms with Gasteiger partial charge in [0.15, 0.2) is 5.76 Å². The van der Waals surface area contributed by atoms with E-state index in [2.05, 4.69) is 0 Å². The Morgan fingerprint density at radius 3 is 2.65 bits per heavy atom. The van der Waals surface area contributed by atoms with Crippen LogP contribution in [0.15, 0.2) is 60.4 Å². The zero-order valence-electron chi connectivity index (χ0n) is 12.9. The van der Waals surface area contributed by atoms with E-state index in [9.17, 15) is 4.79 Å². The number of carbonyl (C=O) groups is 1. The lowest BCUT2D eigenvalue weighted by Crippen LogP contribution is -1.97. The second-order valence-electron chi connectivity index (χ2n) is 4.93. The van der Waals surface area contributed by atoms with Crippen LogP contribution in [0.3, 0.4) is 0 Å². The van der Waals surface area contributed by atoms with Crippen molar-refractivity contribution >= 4 is 11.9 Å². The molecule has 0 fully saturated rings. The van der Waals surface area contributed by atoms with E-state index in [1.165, 1.54) is 0 Å². The van der Waals surface area contributed by atoms with Crippen molar-refractivity contribution in [2.45, 2.75) is 0 Å². The Labute approximate surface area is 134 Å². The van der Waals surface area contributed by atoms with Crippen LogP contribution in [0.25, 0.3) is 6.08 Å². The van der Waals surface area contributed by atoms with Gasteiger partial charge in [0.1, 0.15) is 17.2 Å². The molecule has 0 aliphatic carbocycles. The first-order valence-corrected chi connectivity index (χ1v) is 7.15. The third kappa shape index (κ3) is 2.97. The number of benzene rings is 2. The minimum Gasteiger partial charge on any atom is -0.497 e. The summed E-state index contributed by atoms with van der Waals surface area (Å²) in [6.07, 6.45) is 5.29. The molecule has 0 amide bonds. The molecule has 0 saturated carbocycles. The van der Waals surface area contributed by atoms with Crippen LogP contribution < -0.4 is 14.2 Å². The number of para-hydroxylation sites is 1. The number of rotatable bonds is 4. The summed E-state index contributed by atoms with van der Waals surface area (Å²) >= 11 is 0.